The van der Waals surface area contributed by atoms with Crippen LogP contribution in [0.3, 0.4) is 0 Å². The van der Waals surface area contributed by atoms with Crippen LogP contribution in [0.5, 0.6) is 0 Å². The van der Waals surface area contributed by atoms with Crippen LogP contribution in [0.1, 0.15) is 13.8 Å². The minimum absolute atomic E-state index is 0.0881. The Morgan fingerprint density at radius 2 is 1.79 bits per heavy atom. The van der Waals surface area contributed by atoms with Crippen LogP contribution in [0.25, 0.3) is 0 Å². The molecule has 0 spiro atoms. The number of aliphatic hydroxyl groups excluding tert-OH is 4. The molecule has 2 aliphatic rings. The molecule has 19 heavy (non-hydrogen) atoms. The summed E-state index contributed by atoms with van der Waals surface area (Å²) in [6.07, 6.45) is -6.10. The largest absolute Gasteiger partial charge is 0.388 e. The summed E-state index contributed by atoms with van der Waals surface area (Å²) in [5.41, 5.74) is 1.62. The van der Waals surface area contributed by atoms with Crippen molar-refractivity contribution in [3.63, 3.8) is 0 Å². The maximum atomic E-state index is 9.69. The average Bonchev–Trinajstić information content (AvgIpc) is 2.63. The van der Waals surface area contributed by atoms with Crippen molar-refractivity contribution < 1.29 is 34.6 Å². The van der Waals surface area contributed by atoms with E-state index in [0.717, 1.165) is 11.1 Å². The normalized spacial score (nSPS) is 43.9. The van der Waals surface area contributed by atoms with E-state index in [1.165, 1.54) is 0 Å². The topological polar surface area (TPSA) is 109 Å². The minimum atomic E-state index is -1.32. The maximum Gasteiger partial charge on any atom is 0.186 e. The number of hydrogen-bond donors (Lipinski definition) is 4. The van der Waals surface area contributed by atoms with E-state index in [4.69, 9.17) is 14.2 Å². The summed E-state index contributed by atoms with van der Waals surface area (Å²) < 4.78 is 15.7. The fourth-order valence-corrected chi connectivity index (χ4v) is 2.08. The van der Waals surface area contributed by atoms with Gasteiger partial charge in [0.25, 0.3) is 0 Å². The van der Waals surface area contributed by atoms with Crippen molar-refractivity contribution in [2.75, 3.05) is 13.2 Å². The number of ether oxygens (including phenoxy) is 3. The molecule has 0 bridgehead atoms. The van der Waals surface area contributed by atoms with Gasteiger partial charge in [-0.1, -0.05) is 0 Å². The SMILES string of the molecule is CC1=C(C)C(COC2OCC(O)C(O)C2O)OC1O. The zero-order valence-electron chi connectivity index (χ0n) is 10.9. The first-order valence-electron chi connectivity index (χ1n) is 6.20. The van der Waals surface area contributed by atoms with Gasteiger partial charge in [-0.15, -0.1) is 0 Å². The third kappa shape index (κ3) is 2.97. The zero-order valence-corrected chi connectivity index (χ0v) is 10.9. The van der Waals surface area contributed by atoms with Gasteiger partial charge in [-0.25, -0.2) is 0 Å². The molecule has 6 unspecified atom stereocenters. The van der Waals surface area contributed by atoms with Gasteiger partial charge in [0.2, 0.25) is 0 Å². The first kappa shape index (κ1) is 14.9. The molecule has 1 saturated heterocycles. The summed E-state index contributed by atoms with van der Waals surface area (Å²) in [6, 6.07) is 0. The first-order valence-corrected chi connectivity index (χ1v) is 6.20. The third-order valence-electron chi connectivity index (χ3n) is 3.63. The van der Waals surface area contributed by atoms with Gasteiger partial charge in [0.05, 0.1) is 13.2 Å². The molecule has 0 saturated carbocycles. The fraction of sp³-hybridized carbons (Fsp3) is 0.833. The van der Waals surface area contributed by atoms with Crippen LogP contribution in [-0.4, -0.2) is 70.6 Å². The highest BCUT2D eigenvalue weighted by atomic mass is 16.7. The van der Waals surface area contributed by atoms with Crippen LogP contribution in [0, 0.1) is 0 Å². The Hall–Kier alpha value is -0.540. The quantitative estimate of drug-likeness (QED) is 0.464. The number of hydrogen-bond acceptors (Lipinski definition) is 7. The predicted octanol–water partition coefficient (Wildman–Crippen LogP) is -1.50. The van der Waals surface area contributed by atoms with Crippen LogP contribution < -0.4 is 0 Å². The van der Waals surface area contributed by atoms with E-state index in [9.17, 15) is 20.4 Å². The predicted molar refractivity (Wildman–Crippen MR) is 63.0 cm³/mol. The van der Waals surface area contributed by atoms with Crippen molar-refractivity contribution in [1.29, 1.82) is 0 Å². The van der Waals surface area contributed by atoms with Gasteiger partial charge in [0.1, 0.15) is 24.4 Å². The Morgan fingerprint density at radius 1 is 1.11 bits per heavy atom. The highest BCUT2D eigenvalue weighted by Crippen LogP contribution is 2.26. The molecule has 2 aliphatic heterocycles. The minimum Gasteiger partial charge on any atom is -0.388 e. The summed E-state index contributed by atoms with van der Waals surface area (Å²) >= 11 is 0. The second-order valence-corrected chi connectivity index (χ2v) is 4.93. The van der Waals surface area contributed by atoms with Crippen molar-refractivity contribution in [3.8, 4) is 0 Å². The lowest BCUT2D eigenvalue weighted by molar-refractivity contribution is -0.276. The monoisotopic (exact) mass is 276 g/mol. The van der Waals surface area contributed by atoms with Crippen molar-refractivity contribution in [3.05, 3.63) is 11.1 Å². The molecule has 6 atom stereocenters. The molecule has 110 valence electrons. The van der Waals surface area contributed by atoms with Crippen LogP contribution in [0.15, 0.2) is 11.1 Å². The summed E-state index contributed by atoms with van der Waals surface area (Å²) in [5.74, 6) is 0. The lowest BCUT2D eigenvalue weighted by Crippen LogP contribution is -2.54. The Bertz CT molecular complexity index is 356. The third-order valence-corrected chi connectivity index (χ3v) is 3.63. The molecule has 0 aromatic heterocycles. The maximum absolute atomic E-state index is 9.69. The summed E-state index contributed by atoms with van der Waals surface area (Å²) in [4.78, 5) is 0. The number of rotatable bonds is 3. The molecule has 0 aliphatic carbocycles. The molecule has 2 rings (SSSR count). The molecular formula is C12H20O7. The van der Waals surface area contributed by atoms with E-state index in [-0.39, 0.29) is 13.2 Å². The number of aliphatic hydroxyl groups is 4. The molecule has 0 radical (unpaired) electrons. The summed E-state index contributed by atoms with van der Waals surface area (Å²) in [6.45, 7) is 3.58. The van der Waals surface area contributed by atoms with E-state index in [2.05, 4.69) is 0 Å². The molecule has 4 N–H and O–H groups in total. The van der Waals surface area contributed by atoms with Gasteiger partial charge < -0.3 is 34.6 Å². The first-order chi connectivity index (χ1) is 8.91. The van der Waals surface area contributed by atoms with E-state index < -0.39 is 37.0 Å². The van der Waals surface area contributed by atoms with Gasteiger partial charge in [-0.3, -0.25) is 0 Å². The van der Waals surface area contributed by atoms with E-state index in [0.29, 0.717) is 0 Å². The van der Waals surface area contributed by atoms with E-state index in [1.807, 2.05) is 6.92 Å². The molecule has 0 amide bonds. The van der Waals surface area contributed by atoms with Crippen molar-refractivity contribution in [2.45, 2.75) is 50.8 Å². The molecule has 1 fully saturated rings. The highest BCUT2D eigenvalue weighted by molar-refractivity contribution is 5.21. The Morgan fingerprint density at radius 3 is 2.37 bits per heavy atom. The summed E-state index contributed by atoms with van der Waals surface area (Å²) in [7, 11) is 0. The van der Waals surface area contributed by atoms with Crippen LogP contribution in [0.4, 0.5) is 0 Å². The molecule has 0 aromatic rings. The van der Waals surface area contributed by atoms with Gasteiger partial charge in [-0.2, -0.15) is 0 Å². The second kappa shape index (κ2) is 5.84. The van der Waals surface area contributed by atoms with E-state index in [1.54, 1.807) is 6.92 Å². The van der Waals surface area contributed by atoms with Crippen molar-refractivity contribution in [2.24, 2.45) is 0 Å². The lowest BCUT2D eigenvalue weighted by atomic mass is 10.1. The van der Waals surface area contributed by atoms with E-state index >= 15 is 0 Å². The molecule has 7 nitrogen and oxygen atoms in total. The Labute approximate surface area is 111 Å². The van der Waals surface area contributed by atoms with Crippen molar-refractivity contribution in [1.82, 2.24) is 0 Å². The molecular weight excluding hydrogens is 256 g/mol. The molecule has 0 aromatic carbocycles. The molecule has 7 heteroatoms. The molecule has 2 heterocycles. The smallest absolute Gasteiger partial charge is 0.186 e. The van der Waals surface area contributed by atoms with Gasteiger partial charge in [0.15, 0.2) is 12.6 Å². The van der Waals surface area contributed by atoms with Crippen molar-refractivity contribution >= 4 is 0 Å². The standard InChI is InChI=1S/C12H20O7/c1-5-6(2)11(16)19-8(5)4-18-12-10(15)9(14)7(13)3-17-12/h7-16H,3-4H2,1-2H3. The summed E-state index contributed by atoms with van der Waals surface area (Å²) in [5, 5.41) is 38.0. The van der Waals surface area contributed by atoms with Crippen LogP contribution in [0.2, 0.25) is 0 Å². The Kier molecular flexibility index (Phi) is 4.57. The average molecular weight is 276 g/mol. The van der Waals surface area contributed by atoms with Gasteiger partial charge >= 0.3 is 0 Å². The Balaban J connectivity index is 1.87. The highest BCUT2D eigenvalue weighted by Gasteiger charge is 2.39. The van der Waals surface area contributed by atoms with Crippen LogP contribution in [-0.2, 0) is 14.2 Å². The lowest BCUT2D eigenvalue weighted by Gasteiger charge is -2.35. The second-order valence-electron chi connectivity index (χ2n) is 4.93. The fourth-order valence-electron chi connectivity index (χ4n) is 2.08. The van der Waals surface area contributed by atoms with Crippen LogP contribution >= 0.6 is 0 Å². The zero-order chi connectivity index (χ0) is 14.2. The van der Waals surface area contributed by atoms with Gasteiger partial charge in [-0.05, 0) is 25.0 Å². The van der Waals surface area contributed by atoms with Gasteiger partial charge in [0, 0.05) is 0 Å².